The van der Waals surface area contributed by atoms with E-state index in [2.05, 4.69) is 62.0 Å². The Morgan fingerprint density at radius 3 is 2.26 bits per heavy atom. The Labute approximate surface area is 284 Å². The van der Waals surface area contributed by atoms with Gasteiger partial charge in [0.15, 0.2) is 5.65 Å². The standard InChI is InChI=1S/C29H17N4O.C11H8N.Ir/c1-3-8-19(9-4-1)20-14-15-22-23-12-7-13-24(27(23)34-26(22)16-20)29-32-28-25(17-30-18-31-28)33(29)21-10-5-2-6-11-21;1-2-6-10(7-3-1)11-8-4-5-9-12-11;/h1-12,14-18H;1-6,8-9H;/q2*-1;. The monoisotopic (exact) mass is 784 g/mol. The molecule has 0 aliphatic rings. The van der Waals surface area contributed by atoms with Crippen LogP contribution in [0.15, 0.2) is 157 Å². The molecule has 0 saturated heterocycles. The molecule has 7 heteroatoms. The van der Waals surface area contributed by atoms with Gasteiger partial charge in [0.25, 0.3) is 0 Å². The van der Waals surface area contributed by atoms with Gasteiger partial charge in [0.2, 0.25) is 0 Å². The van der Waals surface area contributed by atoms with Crippen LogP contribution in [0.2, 0.25) is 0 Å². The molecular weight excluding hydrogens is 759 g/mol. The number of hydrogen-bond acceptors (Lipinski definition) is 5. The van der Waals surface area contributed by atoms with Crippen molar-refractivity contribution in [3.63, 3.8) is 0 Å². The number of rotatable bonds is 4. The Balaban J connectivity index is 0.000000228. The minimum absolute atomic E-state index is 0. The van der Waals surface area contributed by atoms with E-state index in [0.29, 0.717) is 5.65 Å². The van der Waals surface area contributed by atoms with Crippen molar-refractivity contribution in [1.82, 2.24) is 24.5 Å². The molecule has 6 nitrogen and oxygen atoms in total. The molecule has 0 fully saturated rings. The van der Waals surface area contributed by atoms with Crippen LogP contribution in [-0.4, -0.2) is 24.5 Å². The Hall–Kier alpha value is -5.75. The van der Waals surface area contributed by atoms with Crippen LogP contribution in [0.1, 0.15) is 0 Å². The zero-order chi connectivity index (χ0) is 30.7. The van der Waals surface area contributed by atoms with Crippen LogP contribution in [0.5, 0.6) is 0 Å². The summed E-state index contributed by atoms with van der Waals surface area (Å²) >= 11 is 0. The first-order valence-corrected chi connectivity index (χ1v) is 14.9. The SMILES string of the molecule is [Ir].[c-]1ccc2c(oc3cc(-c4ccccc4)ccc32)c1-c1nc2ncncc2n1-c1ccccc1.[c-]1ccccc1-c1ccccn1. The molecule has 9 aromatic rings. The van der Waals surface area contributed by atoms with Gasteiger partial charge in [0, 0.05) is 37.4 Å². The molecule has 47 heavy (non-hydrogen) atoms. The molecule has 0 unspecified atom stereocenters. The Morgan fingerprint density at radius 1 is 0.660 bits per heavy atom. The number of pyridine rings is 1. The number of fused-ring (bicyclic) bond motifs is 4. The van der Waals surface area contributed by atoms with E-state index in [1.165, 1.54) is 6.33 Å². The van der Waals surface area contributed by atoms with Gasteiger partial charge in [-0.1, -0.05) is 83.7 Å². The summed E-state index contributed by atoms with van der Waals surface area (Å²) in [4.78, 5) is 17.7. The van der Waals surface area contributed by atoms with E-state index < -0.39 is 0 Å². The molecule has 9 rings (SSSR count). The normalized spacial score (nSPS) is 10.8. The van der Waals surface area contributed by atoms with Crippen LogP contribution in [0.3, 0.4) is 0 Å². The van der Waals surface area contributed by atoms with Gasteiger partial charge in [0.05, 0.1) is 17.6 Å². The average Bonchev–Trinajstić information content (AvgIpc) is 3.72. The summed E-state index contributed by atoms with van der Waals surface area (Å²) in [5.41, 5.74) is 9.09. The summed E-state index contributed by atoms with van der Waals surface area (Å²) in [6.45, 7) is 0. The van der Waals surface area contributed by atoms with E-state index in [-0.39, 0.29) is 20.1 Å². The second kappa shape index (κ2) is 13.3. The van der Waals surface area contributed by atoms with Crippen LogP contribution >= 0.6 is 0 Å². The molecule has 0 spiro atoms. The van der Waals surface area contributed by atoms with E-state index in [1.54, 1.807) is 12.4 Å². The number of furan rings is 1. The molecule has 0 atom stereocenters. The third kappa shape index (κ3) is 5.86. The quantitative estimate of drug-likeness (QED) is 0.167. The van der Waals surface area contributed by atoms with Crippen molar-refractivity contribution in [2.75, 3.05) is 0 Å². The van der Waals surface area contributed by atoms with Gasteiger partial charge in [-0.3, -0.25) is 4.98 Å². The molecule has 0 bridgehead atoms. The van der Waals surface area contributed by atoms with Crippen molar-refractivity contribution in [3.8, 4) is 39.5 Å². The maximum Gasteiger partial charge on any atom is 0.171 e. The van der Waals surface area contributed by atoms with E-state index in [4.69, 9.17) is 9.40 Å². The summed E-state index contributed by atoms with van der Waals surface area (Å²) in [6.07, 6.45) is 5.10. The van der Waals surface area contributed by atoms with Crippen LogP contribution in [0, 0.1) is 12.1 Å². The first-order chi connectivity index (χ1) is 22.8. The van der Waals surface area contributed by atoms with Crippen LogP contribution in [-0.2, 0) is 20.1 Å². The molecule has 5 aromatic carbocycles. The average molecular weight is 784 g/mol. The van der Waals surface area contributed by atoms with Gasteiger partial charge >= 0.3 is 0 Å². The number of para-hydroxylation sites is 1. The molecule has 0 aliphatic carbocycles. The summed E-state index contributed by atoms with van der Waals surface area (Å²) in [6, 6.07) is 50.9. The second-order valence-electron chi connectivity index (χ2n) is 10.6. The first kappa shape index (κ1) is 29.9. The summed E-state index contributed by atoms with van der Waals surface area (Å²) in [5.74, 6) is 0.717. The largest absolute Gasteiger partial charge is 0.501 e. The van der Waals surface area contributed by atoms with E-state index in [1.807, 2.05) is 103 Å². The van der Waals surface area contributed by atoms with E-state index in [9.17, 15) is 0 Å². The smallest absolute Gasteiger partial charge is 0.171 e. The van der Waals surface area contributed by atoms with Gasteiger partial charge in [-0.05, 0) is 41.1 Å². The fraction of sp³-hybridized carbons (Fsp3) is 0. The zero-order valence-electron chi connectivity index (χ0n) is 24.9. The van der Waals surface area contributed by atoms with Crippen LogP contribution in [0.4, 0.5) is 0 Å². The van der Waals surface area contributed by atoms with Gasteiger partial charge in [-0.15, -0.1) is 54.1 Å². The molecule has 4 heterocycles. The molecule has 227 valence electrons. The number of imidazole rings is 1. The predicted octanol–water partition coefficient (Wildman–Crippen LogP) is 9.40. The number of benzene rings is 5. The van der Waals surface area contributed by atoms with Crippen molar-refractivity contribution in [3.05, 3.63) is 164 Å². The fourth-order valence-electron chi connectivity index (χ4n) is 5.62. The summed E-state index contributed by atoms with van der Waals surface area (Å²) < 4.78 is 8.53. The summed E-state index contributed by atoms with van der Waals surface area (Å²) in [7, 11) is 0. The van der Waals surface area contributed by atoms with Crippen LogP contribution < -0.4 is 0 Å². The molecule has 4 aromatic heterocycles. The molecule has 0 N–H and O–H groups in total. The Bertz CT molecular complexity index is 2370. The predicted molar refractivity (Wildman–Crippen MR) is 182 cm³/mol. The maximum absolute atomic E-state index is 6.47. The number of hydrogen-bond donors (Lipinski definition) is 0. The van der Waals surface area contributed by atoms with Crippen molar-refractivity contribution in [1.29, 1.82) is 0 Å². The van der Waals surface area contributed by atoms with E-state index in [0.717, 1.165) is 66.9 Å². The topological polar surface area (TPSA) is 69.6 Å². The van der Waals surface area contributed by atoms with Crippen molar-refractivity contribution in [2.45, 2.75) is 0 Å². The van der Waals surface area contributed by atoms with Crippen molar-refractivity contribution < 1.29 is 24.5 Å². The molecular formula is C40H25IrN5O-2. The maximum atomic E-state index is 6.47. The van der Waals surface area contributed by atoms with Gasteiger partial charge in [0.1, 0.15) is 17.4 Å². The van der Waals surface area contributed by atoms with Crippen molar-refractivity contribution in [2.24, 2.45) is 0 Å². The zero-order valence-corrected chi connectivity index (χ0v) is 27.3. The minimum atomic E-state index is 0. The first-order valence-electron chi connectivity index (χ1n) is 14.9. The molecule has 1 radical (unpaired) electrons. The Kier molecular flexibility index (Phi) is 8.48. The number of aromatic nitrogens is 5. The van der Waals surface area contributed by atoms with Gasteiger partial charge < -0.3 is 14.0 Å². The molecule has 0 aliphatic heterocycles. The fourth-order valence-corrected chi connectivity index (χ4v) is 5.62. The van der Waals surface area contributed by atoms with Gasteiger partial charge in [-0.2, -0.15) is 0 Å². The second-order valence-corrected chi connectivity index (χ2v) is 10.6. The molecule has 0 saturated carbocycles. The molecule has 0 amide bonds. The van der Waals surface area contributed by atoms with E-state index >= 15 is 0 Å². The third-order valence-electron chi connectivity index (χ3n) is 7.77. The Morgan fingerprint density at radius 2 is 1.47 bits per heavy atom. The van der Waals surface area contributed by atoms with Crippen molar-refractivity contribution >= 4 is 33.1 Å². The summed E-state index contributed by atoms with van der Waals surface area (Å²) in [5, 5.41) is 2.09. The third-order valence-corrected chi connectivity index (χ3v) is 7.77. The minimum Gasteiger partial charge on any atom is -0.501 e. The van der Waals surface area contributed by atoms with Crippen LogP contribution in [0.25, 0.3) is 72.6 Å². The van der Waals surface area contributed by atoms with Gasteiger partial charge in [-0.25, -0.2) is 9.97 Å². The number of nitrogens with zero attached hydrogens (tertiary/aromatic N) is 5.